The first-order valence-corrected chi connectivity index (χ1v) is 8.47. The van der Waals surface area contributed by atoms with Crippen LogP contribution in [0.1, 0.15) is 45.4 Å². The third-order valence-corrected chi connectivity index (χ3v) is 5.61. The second-order valence-corrected chi connectivity index (χ2v) is 7.42. The standard InChI is InChI=1S/C15H20BrNO4/c1-9(18)19-14-11(16)7-15-8-12(14)20-13(15)5-4-10(21-15)3-2-6-17/h10-14H,2-5,7-8H2,1H3/t10?,11?,12-,13?,14-,15?/m1/s1. The van der Waals surface area contributed by atoms with Crippen LogP contribution in [0.25, 0.3) is 0 Å². The summed E-state index contributed by atoms with van der Waals surface area (Å²) in [4.78, 5) is 11.3. The number of rotatable bonds is 3. The van der Waals surface area contributed by atoms with E-state index in [1.807, 2.05) is 0 Å². The fraction of sp³-hybridized carbons (Fsp3) is 0.867. The van der Waals surface area contributed by atoms with E-state index in [2.05, 4.69) is 22.0 Å². The summed E-state index contributed by atoms with van der Waals surface area (Å²) in [7, 11) is 0. The highest BCUT2D eigenvalue weighted by Crippen LogP contribution is 2.51. The van der Waals surface area contributed by atoms with Gasteiger partial charge in [-0.1, -0.05) is 15.9 Å². The molecule has 6 atom stereocenters. The lowest BCUT2D eigenvalue weighted by atomic mass is 9.77. The Balaban J connectivity index is 1.72. The molecule has 116 valence electrons. The van der Waals surface area contributed by atoms with Gasteiger partial charge in [0.1, 0.15) is 6.10 Å². The van der Waals surface area contributed by atoms with Crippen molar-refractivity contribution >= 4 is 21.9 Å². The molecule has 1 spiro atoms. The molecule has 0 amide bonds. The van der Waals surface area contributed by atoms with E-state index in [1.165, 1.54) is 6.92 Å². The zero-order valence-electron chi connectivity index (χ0n) is 12.1. The second kappa shape index (κ2) is 5.86. The third-order valence-electron chi connectivity index (χ3n) is 4.77. The zero-order chi connectivity index (χ0) is 15.0. The van der Waals surface area contributed by atoms with Crippen LogP contribution in [-0.2, 0) is 19.0 Å². The molecule has 0 aromatic rings. The van der Waals surface area contributed by atoms with Gasteiger partial charge in [-0.15, -0.1) is 0 Å². The topological polar surface area (TPSA) is 68.5 Å². The lowest BCUT2D eigenvalue weighted by molar-refractivity contribution is -0.166. The summed E-state index contributed by atoms with van der Waals surface area (Å²) >= 11 is 3.64. The number of nitriles is 1. The second-order valence-electron chi connectivity index (χ2n) is 6.24. The molecule has 21 heavy (non-hydrogen) atoms. The number of carbonyl (C=O) groups excluding carboxylic acids is 1. The van der Waals surface area contributed by atoms with Gasteiger partial charge in [-0.2, -0.15) is 5.26 Å². The van der Waals surface area contributed by atoms with Crippen LogP contribution in [0, 0.1) is 11.3 Å². The molecule has 0 aromatic carbocycles. The minimum atomic E-state index is -0.272. The highest BCUT2D eigenvalue weighted by Gasteiger charge is 2.60. The lowest BCUT2D eigenvalue weighted by Gasteiger charge is -2.45. The van der Waals surface area contributed by atoms with E-state index < -0.39 is 0 Å². The first kappa shape index (κ1) is 15.3. The van der Waals surface area contributed by atoms with E-state index >= 15 is 0 Å². The molecule has 2 heterocycles. The molecule has 5 nitrogen and oxygen atoms in total. The number of nitrogens with zero attached hydrogens (tertiary/aromatic N) is 1. The third kappa shape index (κ3) is 2.84. The fourth-order valence-electron chi connectivity index (χ4n) is 3.94. The van der Waals surface area contributed by atoms with Gasteiger partial charge in [-0.3, -0.25) is 4.79 Å². The molecule has 3 fully saturated rings. The van der Waals surface area contributed by atoms with E-state index in [0.717, 1.165) is 32.1 Å². The van der Waals surface area contributed by atoms with E-state index in [-0.39, 0.29) is 40.8 Å². The molecule has 6 heteroatoms. The number of halogens is 1. The van der Waals surface area contributed by atoms with Crippen LogP contribution >= 0.6 is 15.9 Å². The van der Waals surface area contributed by atoms with Crippen LogP contribution in [0.5, 0.6) is 0 Å². The first-order valence-electron chi connectivity index (χ1n) is 7.55. The van der Waals surface area contributed by atoms with Crippen LogP contribution in [0.2, 0.25) is 0 Å². The largest absolute Gasteiger partial charge is 0.459 e. The molecule has 3 rings (SSSR count). The van der Waals surface area contributed by atoms with Gasteiger partial charge in [-0.05, 0) is 25.7 Å². The number of alkyl halides is 1. The summed E-state index contributed by atoms with van der Waals surface area (Å²) < 4.78 is 17.9. The van der Waals surface area contributed by atoms with Crippen LogP contribution in [0.4, 0.5) is 0 Å². The number of fused-ring (bicyclic) bond motifs is 1. The summed E-state index contributed by atoms with van der Waals surface area (Å²) in [6.45, 7) is 1.43. The van der Waals surface area contributed by atoms with Crippen LogP contribution in [0.3, 0.4) is 0 Å². The van der Waals surface area contributed by atoms with Crippen molar-refractivity contribution in [2.75, 3.05) is 0 Å². The van der Waals surface area contributed by atoms with Gasteiger partial charge < -0.3 is 14.2 Å². The van der Waals surface area contributed by atoms with Gasteiger partial charge in [0.15, 0.2) is 0 Å². The van der Waals surface area contributed by atoms with Crippen molar-refractivity contribution in [2.24, 2.45) is 0 Å². The monoisotopic (exact) mass is 357 g/mol. The summed E-state index contributed by atoms with van der Waals surface area (Å²) in [5, 5.41) is 8.73. The van der Waals surface area contributed by atoms with Gasteiger partial charge in [-0.25, -0.2) is 0 Å². The van der Waals surface area contributed by atoms with Gasteiger partial charge in [0, 0.05) is 19.8 Å². The number of esters is 1. The fourth-order valence-corrected chi connectivity index (χ4v) is 4.94. The minimum Gasteiger partial charge on any atom is -0.459 e. The molecule has 0 radical (unpaired) electrons. The molecular weight excluding hydrogens is 338 g/mol. The van der Waals surface area contributed by atoms with Gasteiger partial charge in [0.25, 0.3) is 0 Å². The van der Waals surface area contributed by atoms with Gasteiger partial charge in [0.05, 0.1) is 34.8 Å². The van der Waals surface area contributed by atoms with Crippen molar-refractivity contribution in [2.45, 2.75) is 80.3 Å². The Morgan fingerprint density at radius 1 is 1.48 bits per heavy atom. The van der Waals surface area contributed by atoms with E-state index in [0.29, 0.717) is 6.42 Å². The molecule has 1 saturated carbocycles. The zero-order valence-corrected chi connectivity index (χ0v) is 13.7. The Morgan fingerprint density at radius 2 is 2.29 bits per heavy atom. The molecule has 2 saturated heterocycles. The Kier molecular flexibility index (Phi) is 4.26. The number of carbonyl (C=O) groups is 1. The number of ether oxygens (including phenoxy) is 3. The maximum Gasteiger partial charge on any atom is 0.303 e. The molecule has 3 aliphatic rings. The van der Waals surface area contributed by atoms with Crippen molar-refractivity contribution in [3.05, 3.63) is 0 Å². The van der Waals surface area contributed by atoms with Crippen molar-refractivity contribution in [1.82, 2.24) is 0 Å². The Bertz CT molecular complexity index is 465. The van der Waals surface area contributed by atoms with E-state index in [9.17, 15) is 4.79 Å². The average molecular weight is 358 g/mol. The predicted octanol–water partition coefficient (Wildman–Crippen LogP) is 2.46. The van der Waals surface area contributed by atoms with Crippen molar-refractivity contribution in [3.8, 4) is 6.07 Å². The van der Waals surface area contributed by atoms with Crippen molar-refractivity contribution < 1.29 is 19.0 Å². The SMILES string of the molecule is CC(=O)O[C@@H]1C(Br)CC23C[C@H]1OC2CCC(CCC#N)O3. The van der Waals surface area contributed by atoms with Crippen LogP contribution in [-0.4, -0.2) is 40.8 Å². The van der Waals surface area contributed by atoms with Gasteiger partial charge in [0.2, 0.25) is 0 Å². The molecule has 0 N–H and O–H groups in total. The number of hydrogen-bond acceptors (Lipinski definition) is 5. The highest BCUT2D eigenvalue weighted by molar-refractivity contribution is 9.09. The number of hydrogen-bond donors (Lipinski definition) is 0. The van der Waals surface area contributed by atoms with Crippen molar-refractivity contribution in [1.29, 1.82) is 5.26 Å². The molecule has 4 unspecified atom stereocenters. The molecule has 2 bridgehead atoms. The summed E-state index contributed by atoms with van der Waals surface area (Å²) in [5.74, 6) is -0.272. The predicted molar refractivity (Wildman–Crippen MR) is 77.8 cm³/mol. The highest BCUT2D eigenvalue weighted by atomic mass is 79.9. The van der Waals surface area contributed by atoms with Crippen LogP contribution in [0.15, 0.2) is 0 Å². The normalized spacial score (nSPS) is 44.7. The maximum atomic E-state index is 11.3. The van der Waals surface area contributed by atoms with Gasteiger partial charge >= 0.3 is 5.97 Å². The summed E-state index contributed by atoms with van der Waals surface area (Å²) in [5.41, 5.74) is -0.270. The first-order chi connectivity index (χ1) is 10.0. The van der Waals surface area contributed by atoms with Crippen molar-refractivity contribution in [3.63, 3.8) is 0 Å². The van der Waals surface area contributed by atoms with E-state index in [1.54, 1.807) is 0 Å². The maximum absolute atomic E-state index is 11.3. The quantitative estimate of drug-likeness (QED) is 0.573. The summed E-state index contributed by atoms with van der Waals surface area (Å²) in [6.07, 6.45) is 4.68. The molecular formula is C15H20BrNO4. The molecule has 1 aliphatic carbocycles. The minimum absolute atomic E-state index is 0.0554. The average Bonchev–Trinajstić information content (AvgIpc) is 2.74. The molecule has 0 aromatic heterocycles. The Hall–Kier alpha value is -0.640. The lowest BCUT2D eigenvalue weighted by Crippen LogP contribution is -2.53. The Labute approximate surface area is 133 Å². The van der Waals surface area contributed by atoms with E-state index in [4.69, 9.17) is 19.5 Å². The Morgan fingerprint density at radius 3 is 3.00 bits per heavy atom. The summed E-state index contributed by atoms with van der Waals surface area (Å²) in [6, 6.07) is 2.19. The molecule has 2 aliphatic heterocycles. The van der Waals surface area contributed by atoms with Crippen LogP contribution < -0.4 is 0 Å². The smallest absolute Gasteiger partial charge is 0.303 e.